The predicted molar refractivity (Wildman–Crippen MR) is 114 cm³/mol. The number of rotatable bonds is 4. The first-order valence-electron chi connectivity index (χ1n) is 10.8. The average Bonchev–Trinajstić information content (AvgIpc) is 3.50. The van der Waals surface area contributed by atoms with Crippen molar-refractivity contribution in [3.63, 3.8) is 0 Å². The lowest BCUT2D eigenvalue weighted by Gasteiger charge is -2.36. The van der Waals surface area contributed by atoms with Gasteiger partial charge in [0.15, 0.2) is 11.6 Å². The van der Waals surface area contributed by atoms with Crippen molar-refractivity contribution in [3.8, 4) is 11.5 Å². The van der Waals surface area contributed by atoms with E-state index >= 15 is 4.39 Å². The van der Waals surface area contributed by atoms with Gasteiger partial charge in [-0.15, -0.1) is 0 Å². The number of hydrogen-bond acceptors (Lipinski definition) is 4. The number of halogens is 1. The lowest BCUT2D eigenvalue weighted by molar-refractivity contribution is -0.127. The number of benzene rings is 2. The molecule has 8 heteroatoms. The van der Waals surface area contributed by atoms with Gasteiger partial charge in [-0.1, -0.05) is 12.1 Å². The third-order valence-electron chi connectivity index (χ3n) is 6.77. The van der Waals surface area contributed by atoms with Crippen LogP contribution in [0.1, 0.15) is 35.7 Å². The molecule has 1 aromatic heterocycles. The Bertz CT molecular complexity index is 1280. The van der Waals surface area contributed by atoms with Crippen LogP contribution in [0, 0.1) is 11.7 Å². The summed E-state index contributed by atoms with van der Waals surface area (Å²) in [6.45, 7) is 0.495. The number of amides is 3. The maximum atomic E-state index is 15.6. The van der Waals surface area contributed by atoms with E-state index in [2.05, 4.69) is 4.98 Å². The van der Waals surface area contributed by atoms with E-state index < -0.39 is 23.9 Å². The normalized spacial score (nSPS) is 22.4. The van der Waals surface area contributed by atoms with Gasteiger partial charge >= 0.3 is 6.03 Å². The van der Waals surface area contributed by atoms with E-state index in [4.69, 9.17) is 4.74 Å². The Morgan fingerprint density at radius 2 is 2.03 bits per heavy atom. The highest BCUT2D eigenvalue weighted by Crippen LogP contribution is 2.45. The molecule has 2 unspecified atom stereocenters. The molecule has 3 aromatic rings. The number of aromatic nitrogens is 1. The topological polar surface area (TPSA) is 85.9 Å². The van der Waals surface area contributed by atoms with Crippen molar-refractivity contribution in [2.24, 2.45) is 5.92 Å². The van der Waals surface area contributed by atoms with E-state index in [1.807, 2.05) is 0 Å². The number of urea groups is 1. The summed E-state index contributed by atoms with van der Waals surface area (Å²) in [6, 6.07) is 8.19. The third kappa shape index (κ3) is 2.71. The Morgan fingerprint density at radius 1 is 1.22 bits per heavy atom. The molecule has 2 aromatic carbocycles. The number of carbonyl (C=O) groups excluding carboxylic acids is 2. The van der Waals surface area contributed by atoms with E-state index in [-0.39, 0.29) is 23.8 Å². The number of likely N-dealkylation sites (N-methyl/N-ethyl adjacent to an activating group) is 1. The molecule has 2 fully saturated rings. The number of hydrogen-bond donors (Lipinski definition) is 2. The highest BCUT2D eigenvalue weighted by molar-refractivity contribution is 6.05. The minimum absolute atomic E-state index is 0.0514. The first-order chi connectivity index (χ1) is 15.4. The fourth-order valence-corrected chi connectivity index (χ4v) is 4.93. The smallest absolute Gasteiger partial charge is 0.328 e. The van der Waals surface area contributed by atoms with Crippen LogP contribution in [0.15, 0.2) is 36.4 Å². The van der Waals surface area contributed by atoms with Gasteiger partial charge in [0.05, 0.1) is 6.61 Å². The van der Waals surface area contributed by atoms with Crippen molar-refractivity contribution in [2.45, 2.75) is 31.3 Å². The van der Waals surface area contributed by atoms with Gasteiger partial charge in [-0.25, -0.2) is 9.18 Å². The number of nitrogens with zero attached hydrogens (tertiary/aromatic N) is 2. The number of carbonyl (C=O) groups is 2. The standard InChI is InChI=1S/C24H22FN3O4/c1-27-23(30)17-10-15-19-16(7-8-18(20(19)25)32-11-12-5-6-12)26-21(15)22(28(17)24(27)31)13-3-2-4-14(29)9-13/h2-4,7-9,12,17,22,26,29H,5-6,10-11H2,1H3. The van der Waals surface area contributed by atoms with E-state index in [0.29, 0.717) is 40.2 Å². The Labute approximate surface area is 183 Å². The van der Waals surface area contributed by atoms with Crippen LogP contribution in [0.4, 0.5) is 9.18 Å². The molecule has 1 aliphatic carbocycles. The first-order valence-corrected chi connectivity index (χ1v) is 10.8. The number of phenolic OH excluding ortho intramolecular Hbond substituents is 1. The van der Waals surface area contributed by atoms with Crippen LogP contribution in [-0.4, -0.2) is 51.5 Å². The lowest BCUT2D eigenvalue weighted by atomic mass is 9.88. The zero-order valence-electron chi connectivity index (χ0n) is 17.5. The quantitative estimate of drug-likeness (QED) is 0.612. The Morgan fingerprint density at radius 3 is 2.78 bits per heavy atom. The molecular weight excluding hydrogens is 413 g/mol. The number of imide groups is 1. The minimum atomic E-state index is -0.734. The zero-order chi connectivity index (χ0) is 22.1. The van der Waals surface area contributed by atoms with Crippen molar-refractivity contribution in [1.29, 1.82) is 0 Å². The number of fused-ring (bicyclic) bond motifs is 4. The second kappa shape index (κ2) is 6.72. The van der Waals surface area contributed by atoms with E-state index in [9.17, 15) is 14.7 Å². The highest BCUT2D eigenvalue weighted by Gasteiger charge is 2.51. The van der Waals surface area contributed by atoms with Gasteiger partial charge in [-0.05, 0) is 54.2 Å². The second-order valence-electron chi connectivity index (χ2n) is 8.88. The van der Waals surface area contributed by atoms with Gasteiger partial charge in [0, 0.05) is 30.1 Å². The predicted octanol–water partition coefficient (Wildman–Crippen LogP) is 3.71. The molecule has 7 nitrogen and oxygen atoms in total. The summed E-state index contributed by atoms with van der Waals surface area (Å²) in [6.07, 6.45) is 2.43. The van der Waals surface area contributed by atoms with E-state index in [1.165, 1.54) is 11.9 Å². The molecule has 164 valence electrons. The minimum Gasteiger partial charge on any atom is -0.508 e. The largest absolute Gasteiger partial charge is 0.508 e. The van der Waals surface area contributed by atoms with Crippen LogP contribution in [0.5, 0.6) is 11.5 Å². The fraction of sp³-hybridized carbons (Fsp3) is 0.333. The summed E-state index contributed by atoms with van der Waals surface area (Å²) in [5.74, 6) is -0.0220. The summed E-state index contributed by atoms with van der Waals surface area (Å²) in [4.78, 5) is 31.8. The van der Waals surface area contributed by atoms with E-state index in [1.54, 1.807) is 36.4 Å². The maximum absolute atomic E-state index is 15.6. The van der Waals surface area contributed by atoms with Crippen LogP contribution in [0.3, 0.4) is 0 Å². The van der Waals surface area contributed by atoms with Gasteiger partial charge < -0.3 is 14.8 Å². The number of phenols is 1. The van der Waals surface area contributed by atoms with Crippen molar-refractivity contribution in [1.82, 2.24) is 14.8 Å². The molecule has 0 bridgehead atoms. The molecule has 3 aliphatic rings. The van der Waals surface area contributed by atoms with Gasteiger partial charge in [-0.2, -0.15) is 0 Å². The second-order valence-corrected chi connectivity index (χ2v) is 8.88. The number of nitrogens with one attached hydrogen (secondary N) is 1. The molecule has 2 atom stereocenters. The van der Waals surface area contributed by atoms with Crippen LogP contribution in [0.25, 0.3) is 10.9 Å². The summed E-state index contributed by atoms with van der Waals surface area (Å²) in [5.41, 5.74) is 2.55. The molecule has 0 spiro atoms. The molecule has 3 heterocycles. The average molecular weight is 435 g/mol. The molecule has 0 radical (unpaired) electrons. The molecule has 2 N–H and O–H groups in total. The van der Waals surface area contributed by atoms with Crippen LogP contribution >= 0.6 is 0 Å². The number of H-pyrrole nitrogens is 1. The van der Waals surface area contributed by atoms with Gasteiger partial charge in [0.2, 0.25) is 0 Å². The summed E-state index contributed by atoms with van der Waals surface area (Å²) in [5, 5.41) is 10.5. The molecular formula is C24H22FN3O4. The summed E-state index contributed by atoms with van der Waals surface area (Å²) in [7, 11) is 1.46. The first kappa shape index (κ1) is 19.2. The van der Waals surface area contributed by atoms with Crippen molar-refractivity contribution >= 4 is 22.8 Å². The fourth-order valence-electron chi connectivity index (χ4n) is 4.93. The molecule has 1 saturated carbocycles. The molecule has 2 aliphatic heterocycles. The molecule has 6 rings (SSSR count). The van der Waals surface area contributed by atoms with Crippen molar-refractivity contribution in [3.05, 3.63) is 59.0 Å². The Hall–Kier alpha value is -3.55. The van der Waals surface area contributed by atoms with Crippen LogP contribution in [-0.2, 0) is 11.2 Å². The molecule has 1 saturated heterocycles. The zero-order valence-corrected chi connectivity index (χ0v) is 17.5. The Balaban J connectivity index is 1.54. The van der Waals surface area contributed by atoms with Crippen LogP contribution < -0.4 is 4.74 Å². The molecule has 32 heavy (non-hydrogen) atoms. The SMILES string of the molecule is CN1C(=O)C2Cc3c([nH]c4ccc(OCC5CC5)c(F)c34)C(c3cccc(O)c3)N2C1=O. The summed E-state index contributed by atoms with van der Waals surface area (Å²) >= 11 is 0. The highest BCUT2D eigenvalue weighted by atomic mass is 19.1. The van der Waals surface area contributed by atoms with Crippen molar-refractivity contribution in [2.75, 3.05) is 13.7 Å². The molecule has 3 amide bonds. The van der Waals surface area contributed by atoms with Gasteiger partial charge in [0.1, 0.15) is 17.8 Å². The summed E-state index contributed by atoms with van der Waals surface area (Å²) < 4.78 is 21.3. The van der Waals surface area contributed by atoms with Crippen molar-refractivity contribution < 1.29 is 23.8 Å². The van der Waals surface area contributed by atoms with Gasteiger partial charge in [0.25, 0.3) is 5.91 Å². The van der Waals surface area contributed by atoms with Gasteiger partial charge in [-0.3, -0.25) is 14.6 Å². The Kier molecular flexibility index (Phi) is 4.02. The number of aromatic hydroxyl groups is 1. The lowest BCUT2D eigenvalue weighted by Crippen LogP contribution is -2.44. The number of ether oxygens (including phenoxy) is 1. The maximum Gasteiger partial charge on any atom is 0.328 e. The third-order valence-corrected chi connectivity index (χ3v) is 6.77. The van der Waals surface area contributed by atoms with Crippen LogP contribution in [0.2, 0.25) is 0 Å². The van der Waals surface area contributed by atoms with E-state index in [0.717, 1.165) is 17.7 Å². The number of aromatic amines is 1. The monoisotopic (exact) mass is 435 g/mol.